The molecule has 0 aliphatic carbocycles. The van der Waals surface area contributed by atoms with E-state index in [1.807, 2.05) is 21.0 Å². The number of nitrogens with one attached hydrogen (secondary N) is 1. The molecular weight excluding hydrogens is 364 g/mol. The lowest BCUT2D eigenvalue weighted by atomic mass is 10.0. The molecule has 1 N–H and O–H groups in total. The molecule has 144 valence electrons. The number of hydrogen-bond donors (Lipinski definition) is 1. The van der Waals surface area contributed by atoms with Crippen LogP contribution in [-0.2, 0) is 14.6 Å². The van der Waals surface area contributed by atoms with E-state index in [9.17, 15) is 13.2 Å². The van der Waals surface area contributed by atoms with E-state index in [1.54, 1.807) is 47.6 Å². The van der Waals surface area contributed by atoms with Gasteiger partial charge in [-0.25, -0.2) is 18.4 Å². The number of sulfone groups is 1. The van der Waals surface area contributed by atoms with Gasteiger partial charge in [0.05, 0.1) is 10.9 Å². The molecule has 27 heavy (non-hydrogen) atoms. The first kappa shape index (κ1) is 20.6. The van der Waals surface area contributed by atoms with Gasteiger partial charge in [-0.1, -0.05) is 19.1 Å². The van der Waals surface area contributed by atoms with Gasteiger partial charge in [-0.2, -0.15) is 0 Å². The molecule has 0 spiro atoms. The summed E-state index contributed by atoms with van der Waals surface area (Å²) in [7, 11) is 0.469. The molecule has 0 radical (unpaired) electrons. The van der Waals surface area contributed by atoms with Crippen LogP contribution in [0, 0.1) is 0 Å². The van der Waals surface area contributed by atoms with Crippen LogP contribution < -0.4 is 10.2 Å². The smallest absolute Gasteiger partial charge is 0.244 e. The van der Waals surface area contributed by atoms with E-state index in [4.69, 9.17) is 0 Å². The van der Waals surface area contributed by atoms with Gasteiger partial charge in [0, 0.05) is 44.4 Å². The molecule has 2 aromatic rings. The quantitative estimate of drug-likeness (QED) is 0.731. The van der Waals surface area contributed by atoms with Gasteiger partial charge in [0.25, 0.3) is 0 Å². The predicted octanol–water partition coefficient (Wildman–Crippen LogP) is 2.23. The Hall–Kier alpha value is -2.74. The van der Waals surface area contributed by atoms with Crippen molar-refractivity contribution >= 4 is 27.8 Å². The molecule has 8 heteroatoms. The van der Waals surface area contributed by atoms with Gasteiger partial charge in [-0.05, 0) is 30.2 Å². The summed E-state index contributed by atoms with van der Waals surface area (Å²) < 4.78 is 23.1. The van der Waals surface area contributed by atoms with E-state index in [0.717, 1.165) is 11.1 Å². The lowest BCUT2D eigenvalue weighted by Crippen LogP contribution is -2.26. The molecule has 0 fully saturated rings. The van der Waals surface area contributed by atoms with Gasteiger partial charge in [-0.3, -0.25) is 4.79 Å². The monoisotopic (exact) mass is 388 g/mol. The topological polar surface area (TPSA) is 92.3 Å². The van der Waals surface area contributed by atoms with E-state index < -0.39 is 9.84 Å². The first-order valence-corrected chi connectivity index (χ1v) is 10.4. The van der Waals surface area contributed by atoms with Crippen molar-refractivity contribution in [3.63, 3.8) is 0 Å². The Bertz CT molecular complexity index is 905. The fourth-order valence-corrected chi connectivity index (χ4v) is 3.04. The lowest BCUT2D eigenvalue weighted by molar-refractivity contribution is -0.117. The Morgan fingerprint density at radius 2 is 1.78 bits per heavy atom. The third-order valence-corrected chi connectivity index (χ3v) is 5.05. The standard InChI is InChI=1S/C19H24N4O3S/c1-5-17(15-7-9-16(10-8-15)27(4,25)26)22-18(24)11-6-14-12-20-19(21-13-14)23(2)3/h6-13,17H,5H2,1-4H3,(H,22,24)/b11-6+. The number of carbonyl (C=O) groups is 1. The average molecular weight is 388 g/mol. The van der Waals surface area contributed by atoms with Crippen LogP contribution in [0.5, 0.6) is 0 Å². The molecule has 2 rings (SSSR count). The normalized spacial score (nSPS) is 12.7. The van der Waals surface area contributed by atoms with Gasteiger partial charge >= 0.3 is 0 Å². The molecule has 0 bridgehead atoms. The van der Waals surface area contributed by atoms with Crippen LogP contribution in [0.3, 0.4) is 0 Å². The van der Waals surface area contributed by atoms with Crippen LogP contribution in [0.4, 0.5) is 5.95 Å². The van der Waals surface area contributed by atoms with E-state index >= 15 is 0 Å². The summed E-state index contributed by atoms with van der Waals surface area (Å²) in [6, 6.07) is 6.35. The Balaban J connectivity index is 2.04. The Morgan fingerprint density at radius 1 is 1.19 bits per heavy atom. The summed E-state index contributed by atoms with van der Waals surface area (Å²) in [5, 5.41) is 2.92. The van der Waals surface area contributed by atoms with Crippen molar-refractivity contribution in [1.82, 2.24) is 15.3 Å². The zero-order valence-electron chi connectivity index (χ0n) is 15.9. The SMILES string of the molecule is CCC(NC(=O)/C=C/c1cnc(N(C)C)nc1)c1ccc(S(C)(=O)=O)cc1. The zero-order valence-corrected chi connectivity index (χ0v) is 16.7. The summed E-state index contributed by atoms with van der Waals surface area (Å²) in [5.74, 6) is 0.353. The summed E-state index contributed by atoms with van der Waals surface area (Å²) in [4.78, 5) is 22.7. The molecule has 1 aromatic heterocycles. The number of rotatable bonds is 7. The second kappa shape index (κ2) is 8.77. The predicted molar refractivity (Wildman–Crippen MR) is 106 cm³/mol. The highest BCUT2D eigenvalue weighted by atomic mass is 32.2. The molecule has 1 atom stereocenters. The van der Waals surface area contributed by atoms with Crippen LogP contribution in [0.1, 0.15) is 30.5 Å². The molecule has 0 saturated heterocycles. The van der Waals surface area contributed by atoms with Crippen molar-refractivity contribution in [2.75, 3.05) is 25.3 Å². The van der Waals surface area contributed by atoms with Crippen LogP contribution in [0.2, 0.25) is 0 Å². The molecule has 1 heterocycles. The molecule has 1 amide bonds. The van der Waals surface area contributed by atoms with Crippen molar-refractivity contribution in [3.05, 3.63) is 53.9 Å². The summed E-state index contributed by atoms with van der Waals surface area (Å²) in [6.45, 7) is 1.95. The Labute approximate surface area is 160 Å². The number of hydrogen-bond acceptors (Lipinski definition) is 6. The molecular formula is C19H24N4O3S. The van der Waals surface area contributed by atoms with Crippen molar-refractivity contribution < 1.29 is 13.2 Å². The Kier molecular flexibility index (Phi) is 6.68. The number of amides is 1. The first-order valence-electron chi connectivity index (χ1n) is 8.48. The van der Waals surface area contributed by atoms with Crippen LogP contribution in [0.25, 0.3) is 6.08 Å². The van der Waals surface area contributed by atoms with Crippen molar-refractivity contribution in [1.29, 1.82) is 0 Å². The molecule has 0 saturated carbocycles. The number of aromatic nitrogens is 2. The largest absolute Gasteiger partial charge is 0.347 e. The minimum Gasteiger partial charge on any atom is -0.347 e. The molecule has 0 aliphatic rings. The number of nitrogens with zero attached hydrogens (tertiary/aromatic N) is 3. The van der Waals surface area contributed by atoms with Gasteiger partial charge in [-0.15, -0.1) is 0 Å². The van der Waals surface area contributed by atoms with E-state index in [-0.39, 0.29) is 16.8 Å². The van der Waals surface area contributed by atoms with Gasteiger partial charge in [0.1, 0.15) is 0 Å². The molecule has 7 nitrogen and oxygen atoms in total. The van der Waals surface area contributed by atoms with Crippen LogP contribution in [0.15, 0.2) is 47.6 Å². The molecule has 0 aliphatic heterocycles. The summed E-state index contributed by atoms with van der Waals surface area (Å²) in [6.07, 6.45) is 8.22. The van der Waals surface area contributed by atoms with E-state index in [1.165, 1.54) is 12.3 Å². The first-order chi connectivity index (χ1) is 12.7. The number of benzene rings is 1. The maximum Gasteiger partial charge on any atom is 0.244 e. The van der Waals surface area contributed by atoms with E-state index in [0.29, 0.717) is 12.4 Å². The van der Waals surface area contributed by atoms with Gasteiger partial charge in [0.15, 0.2) is 9.84 Å². The minimum atomic E-state index is -3.24. The molecule has 1 aromatic carbocycles. The maximum absolute atomic E-state index is 12.2. The van der Waals surface area contributed by atoms with Crippen molar-refractivity contribution in [3.8, 4) is 0 Å². The third-order valence-electron chi connectivity index (χ3n) is 3.92. The van der Waals surface area contributed by atoms with Gasteiger partial charge in [0.2, 0.25) is 11.9 Å². The third kappa shape index (κ3) is 5.89. The number of anilines is 1. The van der Waals surface area contributed by atoms with Crippen LogP contribution in [-0.4, -0.2) is 44.6 Å². The highest BCUT2D eigenvalue weighted by Crippen LogP contribution is 2.19. The second-order valence-corrected chi connectivity index (χ2v) is 8.37. The van der Waals surface area contributed by atoms with Crippen molar-refractivity contribution in [2.45, 2.75) is 24.3 Å². The minimum absolute atomic E-state index is 0.205. The fraction of sp³-hybridized carbons (Fsp3) is 0.316. The average Bonchev–Trinajstić information content (AvgIpc) is 2.64. The highest BCUT2D eigenvalue weighted by molar-refractivity contribution is 7.90. The number of carbonyl (C=O) groups excluding carboxylic acids is 1. The molecule has 1 unspecified atom stereocenters. The fourth-order valence-electron chi connectivity index (χ4n) is 2.41. The lowest BCUT2D eigenvalue weighted by Gasteiger charge is -2.16. The summed E-state index contributed by atoms with van der Waals surface area (Å²) >= 11 is 0. The summed E-state index contributed by atoms with van der Waals surface area (Å²) in [5.41, 5.74) is 1.58. The van der Waals surface area contributed by atoms with Crippen LogP contribution >= 0.6 is 0 Å². The second-order valence-electron chi connectivity index (χ2n) is 6.35. The van der Waals surface area contributed by atoms with E-state index in [2.05, 4.69) is 15.3 Å². The zero-order chi connectivity index (χ0) is 20.0. The van der Waals surface area contributed by atoms with Crippen molar-refractivity contribution in [2.24, 2.45) is 0 Å². The highest BCUT2D eigenvalue weighted by Gasteiger charge is 2.13. The Morgan fingerprint density at radius 3 is 2.26 bits per heavy atom. The maximum atomic E-state index is 12.2. The van der Waals surface area contributed by atoms with Gasteiger partial charge < -0.3 is 10.2 Å².